The molecule has 1 saturated carbocycles. The molecule has 4 heterocycles. The van der Waals surface area contributed by atoms with Crippen molar-refractivity contribution in [2.24, 2.45) is 16.6 Å². The van der Waals surface area contributed by atoms with Crippen molar-refractivity contribution in [3.63, 3.8) is 0 Å². The number of nitrogens with one attached hydrogen (secondary N) is 1. The van der Waals surface area contributed by atoms with Crippen LogP contribution in [-0.2, 0) is 14.3 Å². The van der Waals surface area contributed by atoms with Crippen LogP contribution >= 0.6 is 22.9 Å². The highest BCUT2D eigenvalue weighted by Gasteiger charge is 2.46. The topological polar surface area (TPSA) is 145 Å². The van der Waals surface area contributed by atoms with Gasteiger partial charge in [0.2, 0.25) is 5.91 Å². The van der Waals surface area contributed by atoms with E-state index in [0.29, 0.717) is 60.9 Å². The monoisotopic (exact) mass is 641 g/mol. The largest absolute Gasteiger partial charge is 0.466 e. The molecule has 0 bridgehead atoms. The zero-order valence-corrected chi connectivity index (χ0v) is 25.7. The lowest BCUT2D eigenvalue weighted by atomic mass is 9.92. The van der Waals surface area contributed by atoms with E-state index in [4.69, 9.17) is 32.5 Å². The zero-order chi connectivity index (χ0) is 31.1. The fourth-order valence-electron chi connectivity index (χ4n) is 6.81. The number of thiazole rings is 1. The number of hydrogen-bond acceptors (Lipinski definition) is 9. The summed E-state index contributed by atoms with van der Waals surface area (Å²) in [6.45, 7) is 2.37. The molecule has 1 aliphatic carbocycles. The predicted octanol–water partition coefficient (Wildman–Crippen LogP) is 3.43. The average Bonchev–Trinajstić information content (AvgIpc) is 3.75. The van der Waals surface area contributed by atoms with Gasteiger partial charge in [-0.2, -0.15) is 0 Å². The van der Waals surface area contributed by atoms with E-state index in [0.717, 1.165) is 6.42 Å². The number of aromatic nitrogens is 1. The number of piperazine rings is 1. The first-order valence-corrected chi connectivity index (χ1v) is 15.8. The summed E-state index contributed by atoms with van der Waals surface area (Å²) >= 11 is 7.89. The Bertz CT molecular complexity index is 1560. The number of halogens is 2. The number of benzene rings is 1. The lowest BCUT2D eigenvalue weighted by molar-refractivity contribution is -0.136. The first kappa shape index (κ1) is 30.4. The highest BCUT2D eigenvalue weighted by Crippen LogP contribution is 2.39. The predicted molar refractivity (Wildman–Crippen MR) is 164 cm³/mol. The third-order valence-corrected chi connectivity index (χ3v) is 10.2. The Morgan fingerprint density at radius 2 is 2.02 bits per heavy atom. The number of fused-ring (bicyclic) bond motifs is 1. The molecule has 11 nitrogen and oxygen atoms in total. The van der Waals surface area contributed by atoms with Crippen molar-refractivity contribution in [3.8, 4) is 0 Å². The number of nitrogens with two attached hydrogens (primary N) is 1. The standard InChI is InChI=1S/C30H33ClFN7O4S/c1-43-29(41)25-21(15-37-7-8-38-19(13-37)14-39(30(38)42)18-4-2-16(10-18)27(34)40)23(33)12-24(28-35-6-9-44-28)36-26(25)20-5-3-17(32)11-22(20)31/h3,5-6,9,11,16,18-19,26,33H,2,4,7-8,10,12-15H2,1H3,(H2,34,40)/t16?,18?,19-,26-/m0/s1. The molecule has 2 unspecified atom stereocenters. The molecular weight excluding hydrogens is 609 g/mol. The minimum Gasteiger partial charge on any atom is -0.466 e. The summed E-state index contributed by atoms with van der Waals surface area (Å²) < 4.78 is 19.3. The number of nitrogens with zero attached hydrogens (tertiary/aromatic N) is 5. The Morgan fingerprint density at radius 3 is 2.70 bits per heavy atom. The van der Waals surface area contributed by atoms with E-state index < -0.39 is 17.8 Å². The van der Waals surface area contributed by atoms with E-state index in [2.05, 4.69) is 9.88 Å². The molecule has 4 aliphatic rings. The van der Waals surface area contributed by atoms with Crippen molar-refractivity contribution in [3.05, 3.63) is 62.3 Å². The van der Waals surface area contributed by atoms with E-state index in [1.54, 1.807) is 6.20 Å². The number of urea groups is 1. The normalized spacial score (nSPS) is 26.1. The van der Waals surface area contributed by atoms with Crippen LogP contribution in [0.25, 0.3) is 0 Å². The molecule has 44 heavy (non-hydrogen) atoms. The second-order valence-electron chi connectivity index (χ2n) is 11.6. The first-order valence-electron chi connectivity index (χ1n) is 14.5. The van der Waals surface area contributed by atoms with Gasteiger partial charge in [0.05, 0.1) is 24.4 Å². The van der Waals surface area contributed by atoms with E-state index in [9.17, 15) is 18.8 Å². The fraction of sp³-hybridized carbons (Fsp3) is 0.467. The van der Waals surface area contributed by atoms with E-state index in [1.807, 2.05) is 15.2 Å². The van der Waals surface area contributed by atoms with Gasteiger partial charge in [0.25, 0.3) is 0 Å². The molecular formula is C30H33ClFN7O4S. The van der Waals surface area contributed by atoms with Gasteiger partial charge in [0.1, 0.15) is 16.9 Å². The van der Waals surface area contributed by atoms with Gasteiger partial charge < -0.3 is 25.7 Å². The number of primary amides is 1. The smallest absolute Gasteiger partial charge is 0.336 e. The van der Waals surface area contributed by atoms with Crippen molar-refractivity contribution in [1.82, 2.24) is 19.7 Å². The summed E-state index contributed by atoms with van der Waals surface area (Å²) in [5.74, 6) is -1.68. The van der Waals surface area contributed by atoms with Crippen molar-refractivity contribution in [2.75, 3.05) is 39.8 Å². The van der Waals surface area contributed by atoms with Crippen LogP contribution in [0.4, 0.5) is 9.18 Å². The summed E-state index contributed by atoms with van der Waals surface area (Å²) in [4.78, 5) is 53.7. The zero-order valence-electron chi connectivity index (χ0n) is 24.2. The van der Waals surface area contributed by atoms with Gasteiger partial charge in [-0.05, 0) is 31.4 Å². The molecule has 2 saturated heterocycles. The van der Waals surface area contributed by atoms with Crippen LogP contribution in [-0.4, -0.2) is 101 Å². The number of amides is 3. The summed E-state index contributed by atoms with van der Waals surface area (Å²) in [5, 5.41) is 11.7. The van der Waals surface area contributed by atoms with Crippen LogP contribution in [0.15, 0.2) is 45.9 Å². The molecule has 6 rings (SSSR count). The third kappa shape index (κ3) is 5.75. The number of esters is 1. The molecule has 232 valence electrons. The highest BCUT2D eigenvalue weighted by atomic mass is 35.5. The van der Waals surface area contributed by atoms with E-state index in [1.165, 1.54) is 36.6 Å². The van der Waals surface area contributed by atoms with E-state index >= 15 is 0 Å². The van der Waals surface area contributed by atoms with Gasteiger partial charge in [-0.1, -0.05) is 17.7 Å². The molecule has 1 aromatic carbocycles. The summed E-state index contributed by atoms with van der Waals surface area (Å²) in [5.41, 5.74) is 7.32. The summed E-state index contributed by atoms with van der Waals surface area (Å²) in [6.07, 6.45) is 3.82. The molecule has 1 aromatic heterocycles. The lowest BCUT2D eigenvalue weighted by Crippen LogP contribution is -2.52. The van der Waals surface area contributed by atoms with Crippen molar-refractivity contribution < 1.29 is 23.5 Å². The molecule has 4 atom stereocenters. The first-order chi connectivity index (χ1) is 21.1. The Morgan fingerprint density at radius 1 is 1.20 bits per heavy atom. The third-order valence-electron chi connectivity index (χ3n) is 9.03. The van der Waals surface area contributed by atoms with Crippen molar-refractivity contribution in [1.29, 1.82) is 5.41 Å². The maximum Gasteiger partial charge on any atom is 0.336 e. The molecule has 2 aromatic rings. The summed E-state index contributed by atoms with van der Waals surface area (Å²) in [6, 6.07) is 2.90. The molecule has 3 aliphatic heterocycles. The number of rotatable bonds is 7. The Labute approximate surface area is 263 Å². The maximum absolute atomic E-state index is 14.1. The minimum absolute atomic E-state index is 0.00892. The Hall–Kier alpha value is -3.68. The van der Waals surface area contributed by atoms with Crippen LogP contribution in [0, 0.1) is 17.1 Å². The second kappa shape index (κ2) is 12.4. The molecule has 14 heteroatoms. The van der Waals surface area contributed by atoms with Crippen LogP contribution in [0.2, 0.25) is 5.02 Å². The van der Waals surface area contributed by atoms with Gasteiger partial charge in [0, 0.05) is 84.6 Å². The van der Waals surface area contributed by atoms with Gasteiger partial charge in [-0.25, -0.2) is 19.0 Å². The van der Waals surface area contributed by atoms with E-state index in [-0.39, 0.29) is 59.2 Å². The quantitative estimate of drug-likeness (QED) is 0.443. The fourth-order valence-corrected chi connectivity index (χ4v) is 7.71. The summed E-state index contributed by atoms with van der Waals surface area (Å²) in [7, 11) is 1.28. The van der Waals surface area contributed by atoms with Crippen LogP contribution in [0.3, 0.4) is 0 Å². The molecule has 0 spiro atoms. The molecule has 0 radical (unpaired) electrons. The van der Waals surface area contributed by atoms with Crippen LogP contribution in [0.5, 0.6) is 0 Å². The number of aliphatic imine (C=N–C) groups is 1. The number of carbonyl (C=O) groups excluding carboxylic acids is 3. The maximum atomic E-state index is 14.1. The highest BCUT2D eigenvalue weighted by molar-refractivity contribution is 7.11. The van der Waals surface area contributed by atoms with Gasteiger partial charge in [-0.3, -0.25) is 14.7 Å². The molecule has 3 amide bonds. The van der Waals surface area contributed by atoms with Gasteiger partial charge in [0.15, 0.2) is 0 Å². The number of hydrogen-bond donors (Lipinski definition) is 2. The Balaban J connectivity index is 1.30. The molecule has 3 fully saturated rings. The second-order valence-corrected chi connectivity index (χ2v) is 12.9. The van der Waals surface area contributed by atoms with Crippen LogP contribution < -0.4 is 5.73 Å². The van der Waals surface area contributed by atoms with Crippen molar-refractivity contribution in [2.45, 2.75) is 43.8 Å². The van der Waals surface area contributed by atoms with Gasteiger partial charge in [-0.15, -0.1) is 11.3 Å². The molecule has 3 N–H and O–H groups in total. The Kier molecular flexibility index (Phi) is 8.53. The number of carbonyl (C=O) groups is 3. The van der Waals surface area contributed by atoms with Crippen LogP contribution in [0.1, 0.15) is 42.3 Å². The van der Waals surface area contributed by atoms with Crippen molar-refractivity contribution >= 4 is 52.3 Å². The lowest BCUT2D eigenvalue weighted by Gasteiger charge is -2.37. The minimum atomic E-state index is -0.947. The SMILES string of the molecule is COC(=O)C1=C(CN2CCN3C(=O)N(C4CCC(C(N)=O)C4)C[C@@H]3C2)C(=N)CC(c2nccs2)=N[C@H]1c1ccc(F)cc1Cl. The number of ether oxygens (including phenoxy) is 1. The number of methoxy groups -OCH3 is 1. The average molecular weight is 642 g/mol. The van der Waals surface area contributed by atoms with Gasteiger partial charge >= 0.3 is 12.0 Å².